The maximum absolute atomic E-state index is 12.1. The van der Waals surface area contributed by atoms with Gasteiger partial charge in [-0.2, -0.15) is 5.26 Å². The second-order valence-corrected chi connectivity index (χ2v) is 6.44. The van der Waals surface area contributed by atoms with Crippen LogP contribution in [-0.2, 0) is 14.8 Å². The average molecular weight is 306 g/mol. The van der Waals surface area contributed by atoms with Crippen LogP contribution in [0.25, 0.3) is 5.70 Å². The van der Waals surface area contributed by atoms with Crippen LogP contribution >= 0.6 is 0 Å². The molecule has 2 heterocycles. The number of aromatic nitrogens is 1. The van der Waals surface area contributed by atoms with Gasteiger partial charge in [0.25, 0.3) is 0 Å². The summed E-state index contributed by atoms with van der Waals surface area (Å²) in [6.45, 7) is 0.208. The Labute approximate surface area is 122 Å². The minimum absolute atomic E-state index is 0.0893. The molecular weight excluding hydrogens is 292 g/mol. The van der Waals surface area contributed by atoms with Gasteiger partial charge < -0.3 is 4.90 Å². The predicted octanol–water partition coefficient (Wildman–Crippen LogP) is 0.0831. The van der Waals surface area contributed by atoms with Crippen LogP contribution in [0, 0.1) is 17.2 Å². The van der Waals surface area contributed by atoms with E-state index in [0.717, 1.165) is 0 Å². The standard InChI is InChI=1S/C13H14N4O3S/c14-5-4-12(11-3-1-2-6-16-11)17-8-10(7-13(17)18)9-21(15,19)20/h1-4,6,10H,7-9H2,(H2,15,19,20). The number of hydrogen-bond acceptors (Lipinski definition) is 5. The molecule has 0 aliphatic carbocycles. The molecule has 0 radical (unpaired) electrons. The summed E-state index contributed by atoms with van der Waals surface area (Å²) < 4.78 is 22.3. The molecule has 1 fully saturated rings. The second kappa shape index (κ2) is 6.03. The maximum Gasteiger partial charge on any atom is 0.227 e. The number of carbonyl (C=O) groups is 1. The van der Waals surface area contributed by atoms with Gasteiger partial charge in [0, 0.05) is 31.2 Å². The maximum atomic E-state index is 12.1. The molecule has 1 atom stereocenters. The molecule has 1 saturated heterocycles. The molecule has 1 aliphatic rings. The van der Waals surface area contributed by atoms with Crippen molar-refractivity contribution in [1.82, 2.24) is 9.88 Å². The molecule has 0 aromatic carbocycles. The van der Waals surface area contributed by atoms with Crippen molar-refractivity contribution in [3.8, 4) is 6.07 Å². The molecule has 1 aliphatic heterocycles. The van der Waals surface area contributed by atoms with Crippen LogP contribution in [0.5, 0.6) is 0 Å². The Bertz CT molecular complexity index is 707. The number of nitrogens with two attached hydrogens (primary N) is 1. The van der Waals surface area contributed by atoms with E-state index >= 15 is 0 Å². The van der Waals surface area contributed by atoms with E-state index in [2.05, 4.69) is 4.98 Å². The molecule has 8 heteroatoms. The lowest BCUT2D eigenvalue weighted by Gasteiger charge is -2.19. The summed E-state index contributed by atoms with van der Waals surface area (Å²) in [5, 5.41) is 13.9. The van der Waals surface area contributed by atoms with Crippen molar-refractivity contribution in [3.63, 3.8) is 0 Å². The fourth-order valence-electron chi connectivity index (χ4n) is 2.32. The lowest BCUT2D eigenvalue weighted by molar-refractivity contribution is -0.125. The molecule has 1 unspecified atom stereocenters. The first-order valence-corrected chi connectivity index (χ1v) is 7.94. The SMILES string of the molecule is N#CC=C(c1ccccn1)N1CC(CS(N)(=O)=O)CC1=O. The monoisotopic (exact) mass is 306 g/mol. The van der Waals surface area contributed by atoms with Crippen molar-refractivity contribution in [3.05, 3.63) is 36.2 Å². The molecule has 110 valence electrons. The molecule has 2 N–H and O–H groups in total. The second-order valence-electron chi connectivity index (χ2n) is 4.78. The Hall–Kier alpha value is -2.24. The third-order valence-electron chi connectivity index (χ3n) is 3.09. The van der Waals surface area contributed by atoms with E-state index in [1.165, 1.54) is 11.0 Å². The average Bonchev–Trinajstić information content (AvgIpc) is 2.75. The van der Waals surface area contributed by atoms with E-state index in [9.17, 15) is 13.2 Å². The topological polar surface area (TPSA) is 117 Å². The number of rotatable bonds is 4. The van der Waals surface area contributed by atoms with Gasteiger partial charge in [0.1, 0.15) is 0 Å². The fraction of sp³-hybridized carbons (Fsp3) is 0.308. The van der Waals surface area contributed by atoms with Crippen LogP contribution < -0.4 is 5.14 Å². The third kappa shape index (κ3) is 3.87. The van der Waals surface area contributed by atoms with E-state index in [4.69, 9.17) is 10.4 Å². The van der Waals surface area contributed by atoms with E-state index in [0.29, 0.717) is 11.4 Å². The van der Waals surface area contributed by atoms with Crippen LogP contribution in [0.3, 0.4) is 0 Å². The lowest BCUT2D eigenvalue weighted by Crippen LogP contribution is -2.27. The number of hydrogen-bond donors (Lipinski definition) is 1. The summed E-state index contributed by atoms with van der Waals surface area (Å²) in [6.07, 6.45) is 2.88. The number of amides is 1. The summed E-state index contributed by atoms with van der Waals surface area (Å²) in [5.74, 6) is -0.869. The van der Waals surface area contributed by atoms with Gasteiger partial charge in [-0.25, -0.2) is 13.6 Å². The predicted molar refractivity (Wildman–Crippen MR) is 75.6 cm³/mol. The van der Waals surface area contributed by atoms with E-state index in [1.807, 2.05) is 6.07 Å². The molecule has 0 spiro atoms. The Morgan fingerprint density at radius 1 is 1.57 bits per heavy atom. The summed E-state index contributed by atoms with van der Waals surface area (Å²) in [6, 6.07) is 7.04. The number of primary sulfonamides is 1. The van der Waals surface area contributed by atoms with Gasteiger partial charge >= 0.3 is 0 Å². The molecule has 1 amide bonds. The number of allylic oxidation sites excluding steroid dienone is 1. The highest BCUT2D eigenvalue weighted by Gasteiger charge is 2.34. The Kier molecular flexibility index (Phi) is 4.35. The van der Waals surface area contributed by atoms with Crippen molar-refractivity contribution < 1.29 is 13.2 Å². The first-order valence-electron chi connectivity index (χ1n) is 6.23. The summed E-state index contributed by atoms with van der Waals surface area (Å²) >= 11 is 0. The lowest BCUT2D eigenvalue weighted by atomic mass is 10.1. The molecule has 7 nitrogen and oxygen atoms in total. The van der Waals surface area contributed by atoms with E-state index in [1.54, 1.807) is 24.4 Å². The van der Waals surface area contributed by atoms with Crippen LogP contribution in [0.2, 0.25) is 0 Å². The fourth-order valence-corrected chi connectivity index (χ4v) is 3.20. The zero-order valence-electron chi connectivity index (χ0n) is 11.1. The highest BCUT2D eigenvalue weighted by molar-refractivity contribution is 7.89. The van der Waals surface area contributed by atoms with Crippen molar-refractivity contribution in [2.45, 2.75) is 6.42 Å². The summed E-state index contributed by atoms with van der Waals surface area (Å²) in [7, 11) is -3.64. The summed E-state index contributed by atoms with van der Waals surface area (Å²) in [4.78, 5) is 17.6. The van der Waals surface area contributed by atoms with Crippen LogP contribution in [0.4, 0.5) is 0 Å². The zero-order valence-corrected chi connectivity index (χ0v) is 12.0. The minimum atomic E-state index is -3.64. The molecule has 1 aromatic heterocycles. The highest BCUT2D eigenvalue weighted by Crippen LogP contribution is 2.27. The molecule has 2 rings (SSSR count). The van der Waals surface area contributed by atoms with Crippen molar-refractivity contribution in [2.75, 3.05) is 12.3 Å². The third-order valence-corrected chi connectivity index (χ3v) is 4.03. The number of likely N-dealkylation sites (tertiary alicyclic amines) is 1. The van der Waals surface area contributed by atoms with Crippen molar-refractivity contribution in [2.24, 2.45) is 11.1 Å². The van der Waals surface area contributed by atoms with Crippen LogP contribution in [0.1, 0.15) is 12.1 Å². The molecular formula is C13H14N4O3S. The first kappa shape index (κ1) is 15.2. The van der Waals surface area contributed by atoms with Gasteiger partial charge in [0.15, 0.2) is 0 Å². The van der Waals surface area contributed by atoms with Crippen LogP contribution in [-0.4, -0.2) is 36.5 Å². The largest absolute Gasteiger partial charge is 0.309 e. The smallest absolute Gasteiger partial charge is 0.227 e. The van der Waals surface area contributed by atoms with Crippen molar-refractivity contribution >= 4 is 21.6 Å². The Morgan fingerprint density at radius 2 is 2.33 bits per heavy atom. The van der Waals surface area contributed by atoms with E-state index < -0.39 is 10.0 Å². The zero-order chi connectivity index (χ0) is 15.5. The van der Waals surface area contributed by atoms with Gasteiger partial charge in [-0.15, -0.1) is 0 Å². The molecule has 21 heavy (non-hydrogen) atoms. The van der Waals surface area contributed by atoms with Gasteiger partial charge in [0.05, 0.1) is 23.2 Å². The van der Waals surface area contributed by atoms with Crippen molar-refractivity contribution in [1.29, 1.82) is 5.26 Å². The molecule has 0 saturated carbocycles. The number of nitriles is 1. The molecule has 1 aromatic rings. The Balaban J connectivity index is 2.26. The van der Waals surface area contributed by atoms with Gasteiger partial charge in [-0.05, 0) is 12.1 Å². The van der Waals surface area contributed by atoms with E-state index in [-0.39, 0.29) is 30.5 Å². The van der Waals surface area contributed by atoms with Crippen LogP contribution in [0.15, 0.2) is 30.5 Å². The Morgan fingerprint density at radius 3 is 2.90 bits per heavy atom. The number of carbonyl (C=O) groups excluding carboxylic acids is 1. The number of nitrogens with zero attached hydrogens (tertiary/aromatic N) is 3. The quantitative estimate of drug-likeness (QED) is 0.791. The van der Waals surface area contributed by atoms with Gasteiger partial charge in [0.2, 0.25) is 15.9 Å². The van der Waals surface area contributed by atoms with Gasteiger partial charge in [-0.3, -0.25) is 9.78 Å². The highest BCUT2D eigenvalue weighted by atomic mass is 32.2. The van der Waals surface area contributed by atoms with Gasteiger partial charge in [-0.1, -0.05) is 6.07 Å². The number of pyridine rings is 1. The normalized spacial score (nSPS) is 19.6. The first-order chi connectivity index (χ1) is 9.90. The minimum Gasteiger partial charge on any atom is -0.309 e. The number of sulfonamides is 1. The molecule has 0 bridgehead atoms. The summed E-state index contributed by atoms with van der Waals surface area (Å²) in [5.41, 5.74) is 0.865.